The van der Waals surface area contributed by atoms with Gasteiger partial charge in [-0.25, -0.2) is 0 Å². The summed E-state index contributed by atoms with van der Waals surface area (Å²) >= 11 is 4.45. The fraction of sp³-hybridized carbons (Fsp3) is 0.222. The summed E-state index contributed by atoms with van der Waals surface area (Å²) < 4.78 is 2.22. The number of benzene rings is 1. The lowest BCUT2D eigenvalue weighted by Crippen LogP contribution is -2.19. The average Bonchev–Trinajstić information content (AvgIpc) is 2.10. The molecule has 1 N–H and O–H groups in total. The van der Waals surface area contributed by atoms with Crippen LogP contribution in [-0.2, 0) is 0 Å². The van der Waals surface area contributed by atoms with Crippen LogP contribution in [0.15, 0.2) is 12.1 Å². The summed E-state index contributed by atoms with van der Waals surface area (Å²) in [7, 11) is 1.65. The third-order valence-electron chi connectivity index (χ3n) is 1.78. The molecular formula is C9H9I2NO. The van der Waals surface area contributed by atoms with E-state index in [1.165, 1.54) is 0 Å². The Kier molecular flexibility index (Phi) is 3.96. The summed E-state index contributed by atoms with van der Waals surface area (Å²) in [6.45, 7) is 1.96. The molecule has 0 aliphatic carbocycles. The van der Waals surface area contributed by atoms with Gasteiger partial charge in [-0.3, -0.25) is 4.79 Å². The third kappa shape index (κ3) is 2.55. The molecule has 0 heterocycles. The van der Waals surface area contributed by atoms with Crippen molar-refractivity contribution < 1.29 is 4.79 Å². The van der Waals surface area contributed by atoms with Crippen LogP contribution in [0.4, 0.5) is 0 Å². The first-order chi connectivity index (χ1) is 6.06. The van der Waals surface area contributed by atoms with Crippen molar-refractivity contribution in [3.63, 3.8) is 0 Å². The van der Waals surface area contributed by atoms with Crippen LogP contribution < -0.4 is 5.32 Å². The Hall–Kier alpha value is 0.150. The van der Waals surface area contributed by atoms with E-state index in [0.717, 1.165) is 18.3 Å². The van der Waals surface area contributed by atoms with Crippen molar-refractivity contribution in [1.82, 2.24) is 5.32 Å². The van der Waals surface area contributed by atoms with Gasteiger partial charge in [-0.15, -0.1) is 0 Å². The predicted octanol–water partition coefficient (Wildman–Crippen LogP) is 2.56. The molecule has 0 aliphatic rings. The molecule has 4 heteroatoms. The smallest absolute Gasteiger partial charge is 0.251 e. The number of carbonyl (C=O) groups is 1. The van der Waals surface area contributed by atoms with Gasteiger partial charge in [0, 0.05) is 19.8 Å². The van der Waals surface area contributed by atoms with Crippen LogP contribution in [0.25, 0.3) is 0 Å². The Bertz CT molecular complexity index is 350. The summed E-state index contributed by atoms with van der Waals surface area (Å²) in [5, 5.41) is 2.63. The lowest BCUT2D eigenvalue weighted by molar-refractivity contribution is 0.0962. The zero-order chi connectivity index (χ0) is 10.0. The van der Waals surface area contributed by atoms with Crippen molar-refractivity contribution >= 4 is 51.1 Å². The van der Waals surface area contributed by atoms with Gasteiger partial charge in [0.2, 0.25) is 0 Å². The zero-order valence-corrected chi connectivity index (χ0v) is 11.6. The van der Waals surface area contributed by atoms with Gasteiger partial charge in [0.1, 0.15) is 0 Å². The minimum atomic E-state index is -0.0195. The fourth-order valence-electron chi connectivity index (χ4n) is 1.02. The Balaban J connectivity index is 3.28. The van der Waals surface area contributed by atoms with Crippen LogP contribution in [-0.4, -0.2) is 13.0 Å². The van der Waals surface area contributed by atoms with Crippen molar-refractivity contribution in [2.45, 2.75) is 6.92 Å². The van der Waals surface area contributed by atoms with E-state index in [0.29, 0.717) is 0 Å². The maximum absolute atomic E-state index is 11.4. The molecule has 0 saturated heterocycles. The molecule has 70 valence electrons. The maximum Gasteiger partial charge on any atom is 0.251 e. The van der Waals surface area contributed by atoms with Gasteiger partial charge in [-0.05, 0) is 69.8 Å². The van der Waals surface area contributed by atoms with E-state index in [4.69, 9.17) is 0 Å². The first kappa shape index (κ1) is 11.2. The Morgan fingerprint density at radius 3 is 2.54 bits per heavy atom. The SMILES string of the molecule is CNC(=O)c1cc(I)cc(I)c1C. The fourth-order valence-corrected chi connectivity index (χ4v) is 2.86. The van der Waals surface area contributed by atoms with Gasteiger partial charge in [0.15, 0.2) is 0 Å². The summed E-state index contributed by atoms with van der Waals surface area (Å²) in [4.78, 5) is 11.4. The minimum Gasteiger partial charge on any atom is -0.355 e. The molecule has 13 heavy (non-hydrogen) atoms. The average molecular weight is 401 g/mol. The van der Waals surface area contributed by atoms with Gasteiger partial charge in [-0.2, -0.15) is 0 Å². The zero-order valence-electron chi connectivity index (χ0n) is 7.32. The van der Waals surface area contributed by atoms with Crippen LogP contribution >= 0.6 is 45.2 Å². The van der Waals surface area contributed by atoms with E-state index in [1.807, 2.05) is 13.0 Å². The number of nitrogens with one attached hydrogen (secondary N) is 1. The molecule has 2 nitrogen and oxygen atoms in total. The van der Waals surface area contributed by atoms with Crippen LogP contribution in [0, 0.1) is 14.1 Å². The highest BCUT2D eigenvalue weighted by molar-refractivity contribution is 14.1. The largest absolute Gasteiger partial charge is 0.355 e. The van der Waals surface area contributed by atoms with E-state index in [1.54, 1.807) is 7.05 Å². The first-order valence-corrected chi connectivity index (χ1v) is 5.89. The molecule has 1 aromatic carbocycles. The first-order valence-electron chi connectivity index (χ1n) is 3.74. The van der Waals surface area contributed by atoms with Crippen molar-refractivity contribution in [3.05, 3.63) is 30.4 Å². The monoisotopic (exact) mass is 401 g/mol. The number of amides is 1. The highest BCUT2D eigenvalue weighted by atomic mass is 127. The van der Waals surface area contributed by atoms with Crippen molar-refractivity contribution in [1.29, 1.82) is 0 Å². The molecule has 0 fully saturated rings. The van der Waals surface area contributed by atoms with Gasteiger partial charge in [0.05, 0.1) is 0 Å². The van der Waals surface area contributed by atoms with E-state index < -0.39 is 0 Å². The molecule has 0 spiro atoms. The van der Waals surface area contributed by atoms with Gasteiger partial charge in [-0.1, -0.05) is 0 Å². The van der Waals surface area contributed by atoms with Crippen LogP contribution in [0.1, 0.15) is 15.9 Å². The Morgan fingerprint density at radius 1 is 1.38 bits per heavy atom. The molecule has 1 aromatic rings. The van der Waals surface area contributed by atoms with E-state index in [2.05, 4.69) is 56.6 Å². The molecule has 0 atom stereocenters. The molecule has 0 aliphatic heterocycles. The quantitative estimate of drug-likeness (QED) is 0.721. The standard InChI is InChI=1S/C9H9I2NO/c1-5-7(9(13)12-2)3-6(10)4-8(5)11/h3-4H,1-2H3,(H,12,13). The molecule has 0 unspecified atom stereocenters. The number of hydrogen-bond donors (Lipinski definition) is 1. The summed E-state index contributed by atoms with van der Waals surface area (Å²) in [5.74, 6) is -0.0195. The number of hydrogen-bond acceptors (Lipinski definition) is 1. The molecule has 0 radical (unpaired) electrons. The van der Waals surface area contributed by atoms with Crippen LogP contribution in [0.3, 0.4) is 0 Å². The summed E-state index contributed by atoms with van der Waals surface area (Å²) in [5.41, 5.74) is 1.80. The topological polar surface area (TPSA) is 29.1 Å². The lowest BCUT2D eigenvalue weighted by Gasteiger charge is -2.06. The van der Waals surface area contributed by atoms with Gasteiger partial charge >= 0.3 is 0 Å². The Labute approximate surface area is 105 Å². The minimum absolute atomic E-state index is 0.0195. The number of rotatable bonds is 1. The summed E-state index contributed by atoms with van der Waals surface area (Å²) in [6, 6.07) is 3.96. The van der Waals surface area contributed by atoms with Crippen molar-refractivity contribution in [2.75, 3.05) is 7.05 Å². The highest BCUT2D eigenvalue weighted by Crippen LogP contribution is 2.19. The molecule has 0 bridgehead atoms. The number of halogens is 2. The van der Waals surface area contributed by atoms with Gasteiger partial charge in [0.25, 0.3) is 5.91 Å². The Morgan fingerprint density at radius 2 is 2.00 bits per heavy atom. The lowest BCUT2D eigenvalue weighted by atomic mass is 10.1. The van der Waals surface area contributed by atoms with E-state index >= 15 is 0 Å². The van der Waals surface area contributed by atoms with Crippen LogP contribution in [0.5, 0.6) is 0 Å². The summed E-state index contributed by atoms with van der Waals surface area (Å²) in [6.07, 6.45) is 0. The molecule has 0 aromatic heterocycles. The molecular weight excluding hydrogens is 392 g/mol. The highest BCUT2D eigenvalue weighted by Gasteiger charge is 2.10. The molecule has 1 rings (SSSR count). The van der Waals surface area contributed by atoms with Gasteiger partial charge < -0.3 is 5.32 Å². The van der Waals surface area contributed by atoms with Crippen LogP contribution in [0.2, 0.25) is 0 Å². The predicted molar refractivity (Wildman–Crippen MR) is 70.0 cm³/mol. The third-order valence-corrected chi connectivity index (χ3v) is 3.52. The molecule has 1 amide bonds. The van der Waals surface area contributed by atoms with Crippen molar-refractivity contribution in [3.8, 4) is 0 Å². The number of carbonyl (C=O) groups excluding carboxylic acids is 1. The second-order valence-electron chi connectivity index (χ2n) is 2.64. The van der Waals surface area contributed by atoms with E-state index in [-0.39, 0.29) is 5.91 Å². The normalized spacial score (nSPS) is 9.85. The van der Waals surface area contributed by atoms with E-state index in [9.17, 15) is 4.79 Å². The van der Waals surface area contributed by atoms with Crippen molar-refractivity contribution in [2.24, 2.45) is 0 Å². The second-order valence-corrected chi connectivity index (χ2v) is 5.05. The molecule has 0 saturated carbocycles. The maximum atomic E-state index is 11.4. The second kappa shape index (κ2) is 4.59.